The van der Waals surface area contributed by atoms with Crippen LogP contribution in [-0.2, 0) is 14.0 Å². The van der Waals surface area contributed by atoms with Gasteiger partial charge >= 0.3 is 166 Å². The minimum absolute atomic E-state index is 0. The van der Waals surface area contributed by atoms with Crippen LogP contribution in [0.4, 0.5) is 10.5 Å². The van der Waals surface area contributed by atoms with E-state index in [1.165, 1.54) is 7.11 Å². The van der Waals surface area contributed by atoms with Crippen molar-refractivity contribution in [3.63, 3.8) is 0 Å². The minimum Gasteiger partial charge on any atom is -0.822 e. The van der Waals surface area contributed by atoms with Crippen LogP contribution in [0.5, 0.6) is 0 Å². The van der Waals surface area contributed by atoms with Gasteiger partial charge in [-0.05, 0) is 39.2 Å². The van der Waals surface area contributed by atoms with Gasteiger partial charge in [-0.2, -0.15) is 7.82 Å². The molecule has 1 aromatic carbocycles. The molecule has 1 fully saturated rings. The topological polar surface area (TPSA) is 167 Å². The SMILES string of the molecule is COC(=O)c1cncc(-c2ccccc2)c1N1CCC(NC(=O)OC(C)(C)C)CC1.O=P([O-])([O-])[O-].[K+].[K+].[K+]. The molecule has 38 heavy (non-hydrogen) atoms. The molecular weight excluding hydrogens is 595 g/mol. The van der Waals surface area contributed by atoms with Gasteiger partial charge in [-0.25, -0.2) is 9.59 Å². The second-order valence-corrected chi connectivity index (χ2v) is 9.69. The van der Waals surface area contributed by atoms with Crippen LogP contribution in [0.25, 0.3) is 11.1 Å². The van der Waals surface area contributed by atoms with E-state index in [-0.39, 0.29) is 160 Å². The Morgan fingerprint density at radius 2 is 1.55 bits per heavy atom. The summed E-state index contributed by atoms with van der Waals surface area (Å²) in [7, 11) is -4.02. The van der Waals surface area contributed by atoms with Gasteiger partial charge in [0.05, 0.1) is 12.8 Å². The Balaban J connectivity index is 0. The number of amides is 1. The number of alkyl carbamates (subject to hydrolysis) is 1. The van der Waals surface area contributed by atoms with E-state index in [4.69, 9.17) is 28.7 Å². The third kappa shape index (κ3) is 16.0. The number of esters is 1. The molecule has 192 valence electrons. The van der Waals surface area contributed by atoms with Crippen molar-refractivity contribution in [3.05, 3.63) is 48.3 Å². The summed E-state index contributed by atoms with van der Waals surface area (Å²) in [4.78, 5) is 56.6. The van der Waals surface area contributed by atoms with Crippen molar-refractivity contribution in [1.82, 2.24) is 10.3 Å². The number of phosphoric acid groups is 1. The predicted octanol–water partition coefficient (Wildman–Crippen LogP) is -7.78. The first-order chi connectivity index (χ1) is 16.3. The summed E-state index contributed by atoms with van der Waals surface area (Å²) in [6.45, 7) is 6.91. The van der Waals surface area contributed by atoms with Gasteiger partial charge in [0.15, 0.2) is 0 Å². The van der Waals surface area contributed by atoms with E-state index in [0.29, 0.717) is 18.7 Å². The van der Waals surface area contributed by atoms with E-state index in [1.54, 1.807) is 12.4 Å². The first-order valence-electron chi connectivity index (χ1n) is 10.9. The predicted molar refractivity (Wildman–Crippen MR) is 123 cm³/mol. The summed E-state index contributed by atoms with van der Waals surface area (Å²) < 4.78 is 18.9. The number of pyridine rings is 1. The van der Waals surface area contributed by atoms with Crippen LogP contribution in [0.1, 0.15) is 44.0 Å². The first kappa shape index (κ1) is 42.1. The van der Waals surface area contributed by atoms with Crippen LogP contribution in [0.3, 0.4) is 0 Å². The summed E-state index contributed by atoms with van der Waals surface area (Å²) >= 11 is 0. The second-order valence-electron chi connectivity index (χ2n) is 8.80. The van der Waals surface area contributed by atoms with Crippen LogP contribution in [0.15, 0.2) is 42.7 Å². The Morgan fingerprint density at radius 1 is 1.03 bits per heavy atom. The average molecular weight is 624 g/mol. The molecule has 1 aliphatic heterocycles. The van der Waals surface area contributed by atoms with E-state index < -0.39 is 25.5 Å². The molecule has 0 saturated carbocycles. The van der Waals surface area contributed by atoms with E-state index >= 15 is 0 Å². The van der Waals surface area contributed by atoms with Gasteiger partial charge in [0.2, 0.25) is 0 Å². The number of benzene rings is 1. The second kappa shape index (κ2) is 20.0. The molecular formula is C23H29K3N3O8P. The number of aromatic nitrogens is 1. The molecule has 1 aliphatic rings. The summed E-state index contributed by atoms with van der Waals surface area (Å²) in [5.41, 5.74) is 2.61. The first-order valence-corrected chi connectivity index (χ1v) is 12.3. The zero-order chi connectivity index (χ0) is 26.2. The van der Waals surface area contributed by atoms with E-state index in [2.05, 4.69) is 15.2 Å². The Hall–Kier alpha value is 1.93. The molecule has 11 nitrogen and oxygen atoms in total. The number of carbonyl (C=O) groups excluding carboxylic acids is 2. The average Bonchev–Trinajstić information content (AvgIpc) is 2.77. The smallest absolute Gasteiger partial charge is 0.822 e. The fourth-order valence-electron chi connectivity index (χ4n) is 3.60. The number of piperidine rings is 1. The fraction of sp³-hybridized carbons (Fsp3) is 0.435. The number of hydrogen-bond donors (Lipinski definition) is 1. The number of nitrogens with zero attached hydrogens (tertiary/aromatic N) is 2. The van der Waals surface area contributed by atoms with Crippen molar-refractivity contribution >= 4 is 25.6 Å². The van der Waals surface area contributed by atoms with Gasteiger partial charge in [-0.1, -0.05) is 30.3 Å². The van der Waals surface area contributed by atoms with Gasteiger partial charge in [0.25, 0.3) is 0 Å². The zero-order valence-corrected chi connectivity index (χ0v) is 33.3. The number of methoxy groups -OCH3 is 1. The monoisotopic (exact) mass is 623 g/mol. The Labute approximate surface area is 351 Å². The molecule has 1 saturated heterocycles. The van der Waals surface area contributed by atoms with Crippen molar-refractivity contribution in [2.45, 2.75) is 45.3 Å². The number of rotatable bonds is 4. The van der Waals surface area contributed by atoms with E-state index in [0.717, 1.165) is 29.7 Å². The van der Waals surface area contributed by atoms with Gasteiger partial charge in [0, 0.05) is 37.1 Å². The van der Waals surface area contributed by atoms with Crippen LogP contribution >= 0.6 is 7.82 Å². The van der Waals surface area contributed by atoms with Crippen molar-refractivity contribution in [2.24, 2.45) is 0 Å². The normalized spacial score (nSPS) is 13.3. The molecule has 0 bridgehead atoms. The number of nitrogens with one attached hydrogen (secondary N) is 1. The molecule has 1 amide bonds. The van der Waals surface area contributed by atoms with Crippen molar-refractivity contribution in [3.8, 4) is 11.1 Å². The van der Waals surface area contributed by atoms with Crippen LogP contribution in [0, 0.1) is 0 Å². The number of carbonyl (C=O) groups is 2. The zero-order valence-electron chi connectivity index (χ0n) is 23.1. The van der Waals surface area contributed by atoms with Crippen LogP contribution in [0.2, 0.25) is 0 Å². The van der Waals surface area contributed by atoms with Crippen molar-refractivity contribution in [2.75, 3.05) is 25.1 Å². The maximum absolute atomic E-state index is 12.4. The molecule has 0 unspecified atom stereocenters. The van der Waals surface area contributed by atoms with Gasteiger partial charge in [-0.3, -0.25) is 4.98 Å². The maximum atomic E-state index is 12.4. The summed E-state index contributed by atoms with van der Waals surface area (Å²) in [6, 6.07) is 9.90. The van der Waals surface area contributed by atoms with E-state index in [9.17, 15) is 9.59 Å². The van der Waals surface area contributed by atoms with Crippen molar-refractivity contribution in [1.29, 1.82) is 0 Å². The Morgan fingerprint density at radius 3 is 2.03 bits per heavy atom. The van der Waals surface area contributed by atoms with E-state index in [1.807, 2.05) is 51.1 Å². The number of ether oxygens (including phenoxy) is 2. The summed E-state index contributed by atoms with van der Waals surface area (Å²) in [5, 5.41) is 2.95. The van der Waals surface area contributed by atoms with Crippen LogP contribution < -0.4 is 179 Å². The standard InChI is InChI=1S/C23H29N3O4.3K.H3O4P/c1-23(2,3)30-22(28)25-17-10-12-26(13-11-17)20-18(16-8-6-5-7-9-16)14-24-15-19(20)21(27)29-4;;;;1-5(2,3)4/h5-9,14-15,17H,10-13H2,1-4H3,(H,25,28);;;;(H3,1,2,3,4)/q;3*+1;/p-3. The van der Waals surface area contributed by atoms with Crippen LogP contribution in [-0.4, -0.2) is 48.9 Å². The van der Waals surface area contributed by atoms with Gasteiger partial charge < -0.3 is 38.9 Å². The van der Waals surface area contributed by atoms with Crippen molar-refractivity contribution < 1.29 is 192 Å². The molecule has 0 atom stereocenters. The summed E-state index contributed by atoms with van der Waals surface area (Å²) in [6.07, 6.45) is 4.43. The molecule has 15 heteroatoms. The third-order valence-electron chi connectivity index (χ3n) is 4.94. The summed E-state index contributed by atoms with van der Waals surface area (Å²) in [5.74, 6) is -0.413. The quantitative estimate of drug-likeness (QED) is 0.196. The molecule has 2 aromatic rings. The largest absolute Gasteiger partial charge is 1.00 e. The molecule has 1 aromatic heterocycles. The molecule has 1 N–H and O–H groups in total. The van der Waals surface area contributed by atoms with Gasteiger partial charge in [0.1, 0.15) is 11.2 Å². The Bertz CT molecular complexity index is 1050. The number of hydrogen-bond acceptors (Lipinski definition) is 10. The molecule has 0 aliphatic carbocycles. The molecule has 0 radical (unpaired) electrons. The number of anilines is 1. The Kier molecular flexibility index (Phi) is 22.1. The molecule has 2 heterocycles. The maximum Gasteiger partial charge on any atom is 1.00 e. The minimum atomic E-state index is -5.39. The van der Waals surface area contributed by atoms with Gasteiger partial charge in [-0.15, -0.1) is 0 Å². The molecule has 0 spiro atoms. The molecule has 3 rings (SSSR count). The third-order valence-corrected chi connectivity index (χ3v) is 4.94. The fourth-order valence-corrected chi connectivity index (χ4v) is 3.60.